The monoisotopic (exact) mass is 1630 g/mol. The number of urea groups is 1. The number of likely N-dealkylation sites (N-methyl/N-ethyl adjacent to an activating group) is 1. The number of hydrogen-bond acceptors (Lipinski definition) is 23. The maximum atomic E-state index is 16.5. The average molecular weight is 1630 g/mol. The van der Waals surface area contributed by atoms with Crippen molar-refractivity contribution in [3.63, 3.8) is 0 Å². The van der Waals surface area contributed by atoms with Gasteiger partial charge in [-0.3, -0.25) is 48.5 Å². The van der Waals surface area contributed by atoms with Crippen molar-refractivity contribution in [2.75, 3.05) is 20.1 Å². The number of rotatable bonds is 21. The van der Waals surface area contributed by atoms with E-state index in [2.05, 4.69) is 49.5 Å². The first-order valence-electron chi connectivity index (χ1n) is 39.4. The molecule has 0 radical (unpaired) electrons. The molecule has 15 rings (SSSR count). The fraction of sp³-hybridized carbons (Fsp3) is 0.518. The van der Waals surface area contributed by atoms with E-state index < -0.39 is 204 Å². The molecule has 5 fully saturated rings. The molecule has 4 aliphatic carbocycles. The van der Waals surface area contributed by atoms with E-state index in [-0.39, 0.29) is 104 Å². The van der Waals surface area contributed by atoms with Crippen LogP contribution in [-0.4, -0.2) is 169 Å². The summed E-state index contributed by atoms with van der Waals surface area (Å²) >= 11 is 14.3. The first-order valence-corrected chi connectivity index (χ1v) is 40.1. The Morgan fingerprint density at radius 2 is 1.27 bits per heavy atom. The fourth-order valence-corrected chi connectivity index (χ4v) is 18.1. The van der Waals surface area contributed by atoms with Crippen molar-refractivity contribution in [3.05, 3.63) is 117 Å². The molecule has 10 aliphatic rings. The third-order valence-electron chi connectivity index (χ3n) is 23.3. The van der Waals surface area contributed by atoms with Crippen LogP contribution >= 0.6 is 23.2 Å². The Balaban J connectivity index is 1.05. The van der Waals surface area contributed by atoms with Crippen molar-refractivity contribution in [1.29, 1.82) is 0 Å². The van der Waals surface area contributed by atoms with Crippen molar-refractivity contribution < 1.29 is 108 Å². The Labute approximate surface area is 673 Å². The summed E-state index contributed by atoms with van der Waals surface area (Å²) in [6.45, 7) is 6.62. The molecule has 115 heavy (non-hydrogen) atoms. The number of phenols is 3. The van der Waals surface area contributed by atoms with E-state index in [1.807, 2.05) is 13.8 Å². The van der Waals surface area contributed by atoms with Crippen molar-refractivity contribution in [2.45, 2.75) is 209 Å². The molecule has 32 heteroatoms. The largest absolute Gasteiger partial charge is 0.508 e. The van der Waals surface area contributed by atoms with Gasteiger partial charge in [-0.15, -0.1) is 0 Å². The van der Waals surface area contributed by atoms with E-state index in [9.17, 15) is 60.0 Å². The molecule has 0 aromatic heterocycles. The summed E-state index contributed by atoms with van der Waals surface area (Å²) in [7, 11) is 1.51. The van der Waals surface area contributed by atoms with E-state index in [1.165, 1.54) is 56.4 Å². The number of phenolic OH excluding ortho intramolecular Hbond substituents is 3. The minimum atomic E-state index is -2.21. The number of carbonyl (C=O) groups excluding carboxylic acids is 10. The van der Waals surface area contributed by atoms with Crippen molar-refractivity contribution >= 4 is 82.0 Å². The molecule has 5 unspecified atom stereocenters. The lowest BCUT2D eigenvalue weighted by Crippen LogP contribution is -2.61. The van der Waals surface area contributed by atoms with Crippen LogP contribution < -0.4 is 56.7 Å². The minimum Gasteiger partial charge on any atom is -0.508 e. The molecule has 6 heterocycles. The van der Waals surface area contributed by atoms with E-state index in [0.717, 1.165) is 101 Å². The number of imide groups is 1. The summed E-state index contributed by atoms with van der Waals surface area (Å²) in [5, 5.41) is 116. The number of hydrogen-bond donors (Lipinski definition) is 16. The Hall–Kier alpha value is -9.50. The molecular weight excluding hydrogens is 1530 g/mol. The normalized spacial score (nSPS) is 28.0. The lowest BCUT2D eigenvalue weighted by atomic mass is 9.51. The second-order valence-electron chi connectivity index (χ2n) is 32.1. The summed E-state index contributed by atoms with van der Waals surface area (Å²) in [6.07, 6.45) is -6.78. The highest BCUT2D eigenvalue weighted by Gasteiger charge is 2.51. The molecule has 15 bridgehead atoms. The van der Waals surface area contributed by atoms with Gasteiger partial charge in [0.1, 0.15) is 89.5 Å². The first kappa shape index (κ1) is 84.9. The molecule has 618 valence electrons. The number of aliphatic hydroxyl groups is 5. The summed E-state index contributed by atoms with van der Waals surface area (Å²) in [6, 6.07) is 5.20. The number of aliphatic hydroxyl groups excluding tert-OH is 5. The highest BCUT2D eigenvalue weighted by atomic mass is 35.5. The van der Waals surface area contributed by atoms with Gasteiger partial charge in [0.25, 0.3) is 0 Å². The van der Waals surface area contributed by atoms with Crippen LogP contribution in [0.2, 0.25) is 10.0 Å². The lowest BCUT2D eigenvalue weighted by Gasteiger charge is -2.54. The number of Topliss-reactive ketones (excluding diaryl/α,β-unsaturated/α-hetero) is 3. The van der Waals surface area contributed by atoms with Gasteiger partial charge in [-0.05, 0) is 170 Å². The smallest absolute Gasteiger partial charge is 0.321 e. The number of unbranched alkanes of at least 4 members (excludes halogenated alkanes) is 5. The number of fused-ring (bicyclic) bond motifs is 15. The zero-order chi connectivity index (χ0) is 82.5. The molecular formula is C83H100Cl2N8O22. The minimum absolute atomic E-state index is 0.0690. The third kappa shape index (κ3) is 19.5. The predicted molar refractivity (Wildman–Crippen MR) is 415 cm³/mol. The molecule has 5 aromatic carbocycles. The Bertz CT molecular complexity index is 4520. The zero-order valence-corrected chi connectivity index (χ0v) is 65.8. The molecule has 6 aliphatic heterocycles. The second kappa shape index (κ2) is 36.8. The van der Waals surface area contributed by atoms with Crippen LogP contribution in [-0.2, 0) is 47.9 Å². The molecule has 0 spiro atoms. The van der Waals surface area contributed by atoms with Crippen LogP contribution in [0.15, 0.2) is 78.9 Å². The number of ether oxygens (including phenoxy) is 4. The van der Waals surface area contributed by atoms with Crippen LogP contribution in [0.1, 0.15) is 188 Å². The molecule has 4 saturated carbocycles. The van der Waals surface area contributed by atoms with Gasteiger partial charge in [0, 0.05) is 62.9 Å². The zero-order valence-electron chi connectivity index (χ0n) is 64.3. The number of benzene rings is 5. The second-order valence-corrected chi connectivity index (χ2v) is 32.9. The summed E-state index contributed by atoms with van der Waals surface area (Å²) in [5.74, 6) is -15.8. The number of nitrogens with one attached hydrogen (secondary N) is 8. The van der Waals surface area contributed by atoms with Gasteiger partial charge in [0.05, 0.1) is 27.9 Å². The van der Waals surface area contributed by atoms with E-state index in [0.29, 0.717) is 18.3 Å². The third-order valence-corrected chi connectivity index (χ3v) is 23.9. The van der Waals surface area contributed by atoms with Crippen LogP contribution in [0.25, 0.3) is 11.1 Å². The molecule has 5 aromatic rings. The average Bonchev–Trinajstić information content (AvgIpc) is 0.740. The number of amides is 8. The van der Waals surface area contributed by atoms with Crippen LogP contribution in [0.3, 0.4) is 0 Å². The van der Waals surface area contributed by atoms with Crippen molar-refractivity contribution in [2.24, 2.45) is 41.4 Å². The molecule has 30 nitrogen and oxygen atoms in total. The lowest BCUT2D eigenvalue weighted by molar-refractivity contribution is -0.271. The van der Waals surface area contributed by atoms with Gasteiger partial charge < -0.3 is 97.0 Å². The Kier molecular flexibility index (Phi) is 27.1. The summed E-state index contributed by atoms with van der Waals surface area (Å²) in [5.41, 5.74) is -1.58. The maximum Gasteiger partial charge on any atom is 0.321 e. The van der Waals surface area contributed by atoms with E-state index in [1.54, 1.807) is 0 Å². The Morgan fingerprint density at radius 1 is 0.635 bits per heavy atom. The van der Waals surface area contributed by atoms with Crippen LogP contribution in [0.4, 0.5) is 4.79 Å². The highest BCUT2D eigenvalue weighted by molar-refractivity contribution is 6.32. The van der Waals surface area contributed by atoms with Gasteiger partial charge in [-0.2, -0.15) is 0 Å². The van der Waals surface area contributed by atoms with Gasteiger partial charge in [0.2, 0.25) is 47.5 Å². The quantitative estimate of drug-likeness (QED) is 0.0314. The number of ketones is 3. The van der Waals surface area contributed by atoms with Gasteiger partial charge >= 0.3 is 6.03 Å². The van der Waals surface area contributed by atoms with Crippen LogP contribution in [0, 0.1) is 41.4 Å². The molecule has 14 atom stereocenters. The maximum absolute atomic E-state index is 16.5. The van der Waals surface area contributed by atoms with Crippen molar-refractivity contribution in [3.8, 4) is 57.1 Å². The Morgan fingerprint density at radius 3 is 1.90 bits per heavy atom. The first-order chi connectivity index (χ1) is 54.8. The predicted octanol–water partition coefficient (Wildman–Crippen LogP) is 7.64. The molecule has 1 saturated heterocycles. The number of carbonyl (C=O) groups is 10. The van der Waals surface area contributed by atoms with E-state index in [4.69, 9.17) is 42.1 Å². The van der Waals surface area contributed by atoms with Crippen LogP contribution in [0.5, 0.6) is 46.0 Å². The number of aromatic hydroxyl groups is 3. The topological polar surface area (TPSA) is 466 Å². The SMILES string of the molecule is CCCCCCCCNC(=O)NC(=O)C[C@@H]1CC(=O)[C@H](NC(=O)[C@@H](CC(C)C)NC)[C@H](O)c2ccc(c(Cl)c2)Oc2cc3cc(c2OC2OC(CNC(C)=O)C(O)C(O)C2O)Oc2ccc(cc2Cl)[C@@H](O)[C@H]2NC(=O)[C@H](CC(=O)[C@@H]3NC1=O)c1ccc(O)c(c1)-c1c(O)cc(O)cc1[C@@H](C(=O)CC1C3CC4CC(C3)CC1C4)NC2=O. The summed E-state index contributed by atoms with van der Waals surface area (Å²) < 4.78 is 25.9. The molecule has 16 N–H and O–H groups in total. The van der Waals surface area contributed by atoms with Gasteiger partial charge in [-0.1, -0.05) is 94.3 Å². The highest BCUT2D eigenvalue weighted by Crippen LogP contribution is 2.58. The van der Waals surface area contributed by atoms with Crippen molar-refractivity contribution in [1.82, 2.24) is 42.5 Å². The van der Waals surface area contributed by atoms with Gasteiger partial charge in [-0.25, -0.2) is 4.79 Å². The molecule has 8 amide bonds. The standard InChI is InChI=1S/C83H100Cl2N8O22/c1-6-7-8-9-10-11-18-87-83(111)89-66(101)31-47-28-58(98)70(92-80(109)55(86-5)19-37(2)3)72(102)42-13-16-61(53(84)26-42)112-63-29-46-30-64(77(63)115-82-76(106)75(105)74(104)65(114-82)36-88-38(4)94)113-62-17-14-43(27-54(62)85)73(103)71-81(110)91-69(60(100)34-49-44-21-39-20-40(23-44)24-45(49)22-39)52-32-48(95)33-57(97)67(52)51-25-41(12-15-56(51)96)50(79(108)93-71)35-59(99)68(46)90-78(47)107/h12-17,25-27,29-30,32-33,37,39-40,44-45,47,49-50,55,65,68-76,82,86,95-97,102-106H,6-11,18-24,28,31,34-36H2,1-5H3,(H,88,94)(H,90,107)(H,91,110)(H,92,109)(H,93,108)(H2,87,89,101,111)/t39?,40?,44?,45?,47-,49?,50+,55+,65?,68+,69-,70-,71+,72+,73+,74?,75?,76?,82?/m0/s1. The van der Waals surface area contributed by atoms with E-state index >= 15 is 28.8 Å². The van der Waals surface area contributed by atoms with Gasteiger partial charge in [0.15, 0.2) is 28.8 Å². The fourth-order valence-electron chi connectivity index (χ4n) is 17.6. The summed E-state index contributed by atoms with van der Waals surface area (Å²) in [4.78, 5) is 150. The number of halogens is 2.